The van der Waals surface area contributed by atoms with E-state index in [1.807, 2.05) is 25.1 Å². The van der Waals surface area contributed by atoms with Gasteiger partial charge < -0.3 is 10.1 Å². The molecule has 6 heteroatoms. The Morgan fingerprint density at radius 1 is 1.07 bits per heavy atom. The third-order valence-electron chi connectivity index (χ3n) is 4.23. The van der Waals surface area contributed by atoms with E-state index in [0.29, 0.717) is 16.6 Å². The van der Waals surface area contributed by atoms with Crippen LogP contribution in [0.1, 0.15) is 41.3 Å². The minimum atomic E-state index is -0.577. The molecule has 138 valence electrons. The first-order valence-corrected chi connectivity index (χ1v) is 8.73. The van der Waals surface area contributed by atoms with Crippen molar-refractivity contribution in [1.82, 2.24) is 9.97 Å². The van der Waals surface area contributed by atoms with E-state index in [9.17, 15) is 9.59 Å². The molecule has 3 rings (SSSR count). The van der Waals surface area contributed by atoms with Gasteiger partial charge in [-0.2, -0.15) is 0 Å². The molecule has 27 heavy (non-hydrogen) atoms. The molecule has 0 saturated carbocycles. The van der Waals surface area contributed by atoms with Gasteiger partial charge in [-0.3, -0.25) is 14.8 Å². The number of amides is 1. The topological polar surface area (TPSA) is 81.2 Å². The highest BCUT2D eigenvalue weighted by Gasteiger charge is 2.15. The molecule has 0 radical (unpaired) electrons. The zero-order valence-electron chi connectivity index (χ0n) is 15.5. The highest BCUT2D eigenvalue weighted by atomic mass is 16.5. The molecule has 6 nitrogen and oxygen atoms in total. The second-order valence-corrected chi connectivity index (χ2v) is 6.58. The number of esters is 1. The summed E-state index contributed by atoms with van der Waals surface area (Å²) in [5.41, 5.74) is 4.39. The standard InChI is InChI=1S/C21H21N3O3/c1-13(2)16-6-4-5-14(3)20(16)24-19(25)12-27-21(26)15-7-8-17-18(11-15)23-10-9-22-17/h4-11,13H,12H2,1-3H3,(H,24,25). The Morgan fingerprint density at radius 3 is 2.56 bits per heavy atom. The van der Waals surface area contributed by atoms with Gasteiger partial charge in [0.25, 0.3) is 5.91 Å². The monoisotopic (exact) mass is 363 g/mol. The van der Waals surface area contributed by atoms with Crippen LogP contribution in [0.3, 0.4) is 0 Å². The molecule has 1 N–H and O–H groups in total. The molecule has 1 aromatic heterocycles. The summed E-state index contributed by atoms with van der Waals surface area (Å²) in [6, 6.07) is 10.8. The molecule has 0 aliphatic rings. The van der Waals surface area contributed by atoms with Crippen molar-refractivity contribution in [2.75, 3.05) is 11.9 Å². The number of aromatic nitrogens is 2. The number of para-hydroxylation sites is 1. The fourth-order valence-corrected chi connectivity index (χ4v) is 2.82. The van der Waals surface area contributed by atoms with Crippen molar-refractivity contribution in [3.63, 3.8) is 0 Å². The first-order valence-electron chi connectivity index (χ1n) is 8.73. The molecule has 1 amide bonds. The predicted molar refractivity (Wildman–Crippen MR) is 104 cm³/mol. The molecule has 1 heterocycles. The number of ether oxygens (including phenoxy) is 1. The highest BCUT2D eigenvalue weighted by molar-refractivity contribution is 5.97. The van der Waals surface area contributed by atoms with E-state index in [2.05, 4.69) is 29.1 Å². The number of carbonyl (C=O) groups excluding carboxylic acids is 2. The summed E-state index contributed by atoms with van der Waals surface area (Å²) in [5, 5.41) is 2.86. The Morgan fingerprint density at radius 2 is 1.81 bits per heavy atom. The molecule has 0 saturated heterocycles. The van der Waals surface area contributed by atoms with Crippen LogP contribution >= 0.6 is 0 Å². The van der Waals surface area contributed by atoms with Crippen LogP contribution < -0.4 is 5.32 Å². The Labute approximate surface area is 157 Å². The number of nitrogens with zero attached hydrogens (tertiary/aromatic N) is 2. The van der Waals surface area contributed by atoms with Crippen molar-refractivity contribution in [2.24, 2.45) is 0 Å². The lowest BCUT2D eigenvalue weighted by Gasteiger charge is -2.16. The van der Waals surface area contributed by atoms with E-state index in [1.165, 1.54) is 0 Å². The number of aryl methyl sites for hydroxylation is 1. The van der Waals surface area contributed by atoms with Crippen LogP contribution in [0.2, 0.25) is 0 Å². The molecule has 0 spiro atoms. The van der Waals surface area contributed by atoms with Crippen molar-refractivity contribution >= 4 is 28.6 Å². The lowest BCUT2D eigenvalue weighted by atomic mass is 9.98. The van der Waals surface area contributed by atoms with Gasteiger partial charge in [0.1, 0.15) is 0 Å². The van der Waals surface area contributed by atoms with E-state index >= 15 is 0 Å². The summed E-state index contributed by atoms with van der Waals surface area (Å²) in [4.78, 5) is 32.8. The molecule has 3 aromatic rings. The van der Waals surface area contributed by atoms with Crippen molar-refractivity contribution < 1.29 is 14.3 Å². The summed E-state index contributed by atoms with van der Waals surface area (Å²) < 4.78 is 5.15. The Hall–Kier alpha value is -3.28. The van der Waals surface area contributed by atoms with E-state index in [-0.39, 0.29) is 18.4 Å². The van der Waals surface area contributed by atoms with Gasteiger partial charge >= 0.3 is 5.97 Å². The molecule has 0 bridgehead atoms. The number of carbonyl (C=O) groups is 2. The Bertz CT molecular complexity index is 999. The lowest BCUT2D eigenvalue weighted by Crippen LogP contribution is -2.22. The third kappa shape index (κ3) is 4.28. The molecule has 2 aromatic carbocycles. The fraction of sp³-hybridized carbons (Fsp3) is 0.238. The molecule has 0 unspecified atom stereocenters. The van der Waals surface area contributed by atoms with Gasteiger partial charge in [-0.15, -0.1) is 0 Å². The fourth-order valence-electron chi connectivity index (χ4n) is 2.82. The smallest absolute Gasteiger partial charge is 0.338 e. The number of fused-ring (bicyclic) bond motifs is 1. The molecular formula is C21H21N3O3. The SMILES string of the molecule is Cc1cccc(C(C)C)c1NC(=O)COC(=O)c1ccc2nccnc2c1. The first-order chi connectivity index (χ1) is 13.0. The van der Waals surface area contributed by atoms with Gasteiger partial charge in [0.15, 0.2) is 6.61 Å². The number of nitrogens with one attached hydrogen (secondary N) is 1. The Balaban J connectivity index is 1.66. The van der Waals surface area contributed by atoms with Gasteiger partial charge in [0.2, 0.25) is 0 Å². The van der Waals surface area contributed by atoms with Crippen LogP contribution in [-0.4, -0.2) is 28.5 Å². The van der Waals surface area contributed by atoms with Gasteiger partial charge in [-0.05, 0) is 42.2 Å². The largest absolute Gasteiger partial charge is 0.452 e. The maximum absolute atomic E-state index is 12.3. The van der Waals surface area contributed by atoms with Gasteiger partial charge in [-0.1, -0.05) is 32.0 Å². The number of benzene rings is 2. The summed E-state index contributed by atoms with van der Waals surface area (Å²) in [6.07, 6.45) is 3.14. The van der Waals surface area contributed by atoms with Crippen molar-refractivity contribution in [3.8, 4) is 0 Å². The molecule has 0 aliphatic carbocycles. The zero-order chi connectivity index (χ0) is 19.4. The number of anilines is 1. The number of rotatable bonds is 5. The third-order valence-corrected chi connectivity index (χ3v) is 4.23. The zero-order valence-corrected chi connectivity index (χ0v) is 15.5. The van der Waals surface area contributed by atoms with E-state index in [0.717, 1.165) is 16.8 Å². The molecular weight excluding hydrogens is 342 g/mol. The van der Waals surface area contributed by atoms with Crippen molar-refractivity contribution in [1.29, 1.82) is 0 Å². The van der Waals surface area contributed by atoms with Crippen molar-refractivity contribution in [3.05, 3.63) is 65.5 Å². The second-order valence-electron chi connectivity index (χ2n) is 6.58. The van der Waals surface area contributed by atoms with Crippen LogP contribution in [-0.2, 0) is 9.53 Å². The van der Waals surface area contributed by atoms with Gasteiger partial charge in [-0.25, -0.2) is 4.79 Å². The summed E-state index contributed by atoms with van der Waals surface area (Å²) in [5.74, 6) is -0.687. The lowest BCUT2D eigenvalue weighted by molar-refractivity contribution is -0.119. The highest BCUT2D eigenvalue weighted by Crippen LogP contribution is 2.27. The van der Waals surface area contributed by atoms with Crippen LogP contribution in [0.25, 0.3) is 11.0 Å². The normalized spacial score (nSPS) is 10.8. The van der Waals surface area contributed by atoms with Crippen molar-refractivity contribution in [2.45, 2.75) is 26.7 Å². The number of hydrogen-bond acceptors (Lipinski definition) is 5. The molecule has 0 fully saturated rings. The molecule has 0 aliphatic heterocycles. The van der Waals surface area contributed by atoms with Crippen LogP contribution in [0.4, 0.5) is 5.69 Å². The average Bonchev–Trinajstić information content (AvgIpc) is 2.67. The van der Waals surface area contributed by atoms with E-state index in [4.69, 9.17) is 4.74 Å². The maximum atomic E-state index is 12.3. The summed E-state index contributed by atoms with van der Waals surface area (Å²) in [6.45, 7) is 5.70. The average molecular weight is 363 g/mol. The van der Waals surface area contributed by atoms with E-state index < -0.39 is 5.97 Å². The predicted octanol–water partition coefficient (Wildman–Crippen LogP) is 3.86. The van der Waals surface area contributed by atoms with Crippen LogP contribution in [0.15, 0.2) is 48.8 Å². The summed E-state index contributed by atoms with van der Waals surface area (Å²) >= 11 is 0. The minimum absolute atomic E-state index is 0.265. The molecule has 0 atom stereocenters. The van der Waals surface area contributed by atoms with Gasteiger partial charge in [0, 0.05) is 18.1 Å². The Kier molecular flexibility index (Phi) is 5.45. The minimum Gasteiger partial charge on any atom is -0.452 e. The number of hydrogen-bond donors (Lipinski definition) is 1. The van der Waals surface area contributed by atoms with Gasteiger partial charge in [0.05, 0.1) is 16.6 Å². The first kappa shape index (κ1) is 18.5. The summed E-state index contributed by atoms with van der Waals surface area (Å²) in [7, 11) is 0. The second kappa shape index (κ2) is 7.95. The quantitative estimate of drug-likeness (QED) is 0.696. The maximum Gasteiger partial charge on any atom is 0.338 e. The van der Waals surface area contributed by atoms with Crippen LogP contribution in [0, 0.1) is 6.92 Å². The van der Waals surface area contributed by atoms with Crippen LogP contribution in [0.5, 0.6) is 0 Å². The van der Waals surface area contributed by atoms with E-state index in [1.54, 1.807) is 30.6 Å².